The molecule has 1 aromatic heterocycles. The van der Waals surface area contributed by atoms with E-state index in [4.69, 9.17) is 9.26 Å². The number of hydrogen-bond donors (Lipinski definition) is 1. The van der Waals surface area contributed by atoms with E-state index < -0.39 is 0 Å². The molecule has 0 aliphatic rings. The van der Waals surface area contributed by atoms with Crippen LogP contribution in [-0.2, 0) is 13.0 Å². The molecule has 0 radical (unpaired) electrons. The van der Waals surface area contributed by atoms with Gasteiger partial charge in [0.25, 0.3) is 5.89 Å². The van der Waals surface area contributed by atoms with E-state index in [1.54, 1.807) is 7.11 Å². The van der Waals surface area contributed by atoms with Gasteiger partial charge in [-0.25, -0.2) is 0 Å². The second kappa shape index (κ2) is 8.47. The highest BCUT2D eigenvalue weighted by atomic mass is 79.9. The molecule has 2 N–H and O–H groups in total. The second-order valence-electron chi connectivity index (χ2n) is 6.18. The van der Waals surface area contributed by atoms with Crippen LogP contribution in [0.2, 0.25) is 0 Å². The highest BCUT2D eigenvalue weighted by molar-refractivity contribution is 9.10. The fourth-order valence-corrected chi connectivity index (χ4v) is 3.28. The number of halogens is 1. The minimum Gasteiger partial charge on any atom is -0.496 e. The van der Waals surface area contributed by atoms with E-state index in [2.05, 4.69) is 69.5 Å². The van der Waals surface area contributed by atoms with Crippen LogP contribution in [0.5, 0.6) is 5.75 Å². The number of ether oxygens (including phenoxy) is 1. The van der Waals surface area contributed by atoms with Crippen LogP contribution >= 0.6 is 15.9 Å². The minimum atomic E-state index is 0.261. The Kier molecular flexibility index (Phi) is 6.06. The van der Waals surface area contributed by atoms with Crippen molar-refractivity contribution >= 4 is 15.9 Å². The van der Waals surface area contributed by atoms with Gasteiger partial charge in [0.1, 0.15) is 11.8 Å². The third kappa shape index (κ3) is 4.31. The summed E-state index contributed by atoms with van der Waals surface area (Å²) in [6.07, 6.45) is 1.02. The van der Waals surface area contributed by atoms with E-state index in [0.29, 0.717) is 18.3 Å². The van der Waals surface area contributed by atoms with Crippen LogP contribution in [0.3, 0.4) is 0 Å². The lowest BCUT2D eigenvalue weighted by Crippen LogP contribution is -2.83. The first kappa shape index (κ1) is 18.6. The molecule has 0 amide bonds. The smallest absolute Gasteiger partial charge is 0.282 e. The Morgan fingerprint density at radius 1 is 1.19 bits per heavy atom. The molecular weight excluding hydrogens is 394 g/mol. The molecule has 0 aliphatic heterocycles. The van der Waals surface area contributed by atoms with Gasteiger partial charge >= 0.3 is 0 Å². The number of nitrogens with zero attached hydrogens (tertiary/aromatic N) is 2. The van der Waals surface area contributed by atoms with Gasteiger partial charge in [-0.3, -0.25) is 0 Å². The zero-order valence-electron chi connectivity index (χ0n) is 15.2. The maximum absolute atomic E-state index is 5.40. The molecular formula is C20H23BrN3O2+. The van der Waals surface area contributed by atoms with Gasteiger partial charge < -0.3 is 14.6 Å². The van der Waals surface area contributed by atoms with Gasteiger partial charge in [0.05, 0.1) is 11.6 Å². The largest absolute Gasteiger partial charge is 0.496 e. The maximum atomic E-state index is 5.40. The monoisotopic (exact) mass is 416 g/mol. The van der Waals surface area contributed by atoms with Gasteiger partial charge in [-0.2, -0.15) is 4.98 Å². The molecule has 0 unspecified atom stereocenters. The molecule has 136 valence electrons. The summed E-state index contributed by atoms with van der Waals surface area (Å²) >= 11 is 3.53. The van der Waals surface area contributed by atoms with Crippen LogP contribution < -0.4 is 10.1 Å². The number of rotatable bonds is 7. The van der Waals surface area contributed by atoms with Crippen molar-refractivity contribution < 1.29 is 14.6 Å². The summed E-state index contributed by atoms with van der Waals surface area (Å²) in [6.45, 7) is 4.92. The molecule has 3 aromatic rings. The zero-order chi connectivity index (χ0) is 18.5. The molecule has 0 saturated heterocycles. The predicted octanol–water partition coefficient (Wildman–Crippen LogP) is 3.89. The summed E-state index contributed by atoms with van der Waals surface area (Å²) in [7, 11) is 1.66. The molecule has 6 heteroatoms. The molecule has 1 atom stereocenters. The summed E-state index contributed by atoms with van der Waals surface area (Å²) < 4.78 is 11.6. The average Bonchev–Trinajstić information content (AvgIpc) is 3.15. The molecule has 1 heterocycles. The van der Waals surface area contributed by atoms with E-state index >= 15 is 0 Å². The van der Waals surface area contributed by atoms with Crippen LogP contribution in [0, 0.1) is 0 Å². The summed E-state index contributed by atoms with van der Waals surface area (Å²) in [5.41, 5.74) is 3.47. The SMILES string of the molecule is CCc1ccc(-c2noc(C[NH2+][C@H](C)c3ccc(OC)c(Br)c3)n2)cc1. The summed E-state index contributed by atoms with van der Waals surface area (Å²) in [4.78, 5) is 4.51. The molecule has 2 aromatic carbocycles. The van der Waals surface area contributed by atoms with Crippen molar-refractivity contribution in [1.29, 1.82) is 0 Å². The van der Waals surface area contributed by atoms with Crippen molar-refractivity contribution in [3.05, 3.63) is 64.0 Å². The van der Waals surface area contributed by atoms with Crippen LogP contribution in [0.1, 0.15) is 36.9 Å². The lowest BCUT2D eigenvalue weighted by atomic mass is 10.1. The van der Waals surface area contributed by atoms with Gasteiger partial charge in [-0.15, -0.1) is 0 Å². The topological polar surface area (TPSA) is 64.8 Å². The highest BCUT2D eigenvalue weighted by Gasteiger charge is 2.15. The van der Waals surface area contributed by atoms with E-state index in [1.807, 2.05) is 18.2 Å². The molecule has 0 fully saturated rings. The second-order valence-corrected chi connectivity index (χ2v) is 7.04. The van der Waals surface area contributed by atoms with Gasteiger partial charge in [-0.1, -0.05) is 36.3 Å². The minimum absolute atomic E-state index is 0.261. The van der Waals surface area contributed by atoms with Crippen LogP contribution in [0.15, 0.2) is 51.5 Å². The van der Waals surface area contributed by atoms with Crippen molar-refractivity contribution in [1.82, 2.24) is 10.1 Å². The zero-order valence-corrected chi connectivity index (χ0v) is 16.8. The number of hydrogen-bond acceptors (Lipinski definition) is 4. The van der Waals surface area contributed by atoms with Crippen LogP contribution in [-0.4, -0.2) is 17.3 Å². The lowest BCUT2D eigenvalue weighted by molar-refractivity contribution is -0.710. The Hall–Kier alpha value is -2.18. The molecule has 0 spiro atoms. The third-order valence-corrected chi connectivity index (χ3v) is 5.06. The fraction of sp³-hybridized carbons (Fsp3) is 0.300. The maximum Gasteiger partial charge on any atom is 0.282 e. The standard InChI is InChI=1S/C20H22BrN3O2/c1-4-14-5-7-15(8-6-14)20-23-19(26-24-20)12-22-13(2)16-9-10-18(25-3)17(21)11-16/h5-11,13,22H,4,12H2,1-3H3/p+1/t13-/m1/s1. The van der Waals surface area contributed by atoms with Gasteiger partial charge in [-0.05, 0) is 53.0 Å². The Morgan fingerprint density at radius 2 is 1.96 bits per heavy atom. The normalized spacial score (nSPS) is 12.2. The third-order valence-electron chi connectivity index (χ3n) is 4.44. The van der Waals surface area contributed by atoms with Crippen molar-refractivity contribution in [3.8, 4) is 17.1 Å². The Bertz CT molecular complexity index is 862. The summed E-state index contributed by atoms with van der Waals surface area (Å²) in [6, 6.07) is 14.6. The fourth-order valence-electron chi connectivity index (χ4n) is 2.72. The Labute approximate surface area is 161 Å². The quantitative estimate of drug-likeness (QED) is 0.634. The number of quaternary nitrogens is 1. The van der Waals surface area contributed by atoms with Crippen molar-refractivity contribution in [2.24, 2.45) is 0 Å². The molecule has 3 rings (SSSR count). The van der Waals surface area contributed by atoms with Crippen molar-refractivity contribution in [2.75, 3.05) is 7.11 Å². The molecule has 5 nitrogen and oxygen atoms in total. The number of benzene rings is 2. The lowest BCUT2D eigenvalue weighted by Gasteiger charge is -2.11. The van der Waals surface area contributed by atoms with Gasteiger partial charge in [0, 0.05) is 11.1 Å². The Balaban J connectivity index is 1.63. The number of aromatic nitrogens is 2. The van der Waals surface area contributed by atoms with Crippen molar-refractivity contribution in [3.63, 3.8) is 0 Å². The Morgan fingerprint density at radius 3 is 2.62 bits per heavy atom. The first-order valence-electron chi connectivity index (χ1n) is 8.69. The van der Waals surface area contributed by atoms with Crippen LogP contribution in [0.25, 0.3) is 11.4 Å². The summed E-state index contributed by atoms with van der Waals surface area (Å²) in [5.74, 6) is 2.09. The van der Waals surface area contributed by atoms with E-state index in [1.165, 1.54) is 11.1 Å². The molecule has 0 bridgehead atoms. The number of nitrogens with two attached hydrogens (primary N) is 1. The first-order valence-corrected chi connectivity index (χ1v) is 9.48. The average molecular weight is 417 g/mol. The van der Waals surface area contributed by atoms with E-state index in [-0.39, 0.29) is 6.04 Å². The summed E-state index contributed by atoms with van der Waals surface area (Å²) in [5, 5.41) is 6.27. The molecule has 0 saturated carbocycles. The first-order chi connectivity index (χ1) is 12.6. The molecule has 0 aliphatic carbocycles. The predicted molar refractivity (Wildman–Crippen MR) is 104 cm³/mol. The van der Waals surface area contributed by atoms with E-state index in [0.717, 1.165) is 22.2 Å². The van der Waals surface area contributed by atoms with Gasteiger partial charge in [0.15, 0.2) is 6.54 Å². The van der Waals surface area contributed by atoms with Crippen molar-refractivity contribution in [2.45, 2.75) is 32.9 Å². The molecule has 26 heavy (non-hydrogen) atoms. The number of aryl methyl sites for hydroxylation is 1. The van der Waals surface area contributed by atoms with Gasteiger partial charge in [0.2, 0.25) is 5.82 Å². The number of methoxy groups -OCH3 is 1. The van der Waals surface area contributed by atoms with Crippen LogP contribution in [0.4, 0.5) is 0 Å². The highest BCUT2D eigenvalue weighted by Crippen LogP contribution is 2.27. The van der Waals surface area contributed by atoms with E-state index in [9.17, 15) is 0 Å².